The highest BCUT2D eigenvalue weighted by Gasteiger charge is 2.09. The minimum Gasteiger partial charge on any atom is -0.488 e. The summed E-state index contributed by atoms with van der Waals surface area (Å²) in [5, 5.41) is 12.4. The van der Waals surface area contributed by atoms with Gasteiger partial charge < -0.3 is 15.2 Å². The van der Waals surface area contributed by atoms with E-state index in [-0.39, 0.29) is 6.10 Å². The Kier molecular flexibility index (Phi) is 4.59. The van der Waals surface area contributed by atoms with Crippen molar-refractivity contribution in [2.24, 2.45) is 0 Å². The van der Waals surface area contributed by atoms with E-state index in [0.717, 1.165) is 12.3 Å². The van der Waals surface area contributed by atoms with Gasteiger partial charge in [-0.2, -0.15) is 0 Å². The van der Waals surface area contributed by atoms with E-state index in [1.807, 2.05) is 38.2 Å². The molecule has 0 heterocycles. The molecule has 3 nitrogen and oxygen atoms in total. The van der Waals surface area contributed by atoms with Crippen LogP contribution in [0.5, 0.6) is 5.75 Å². The molecule has 84 valence electrons. The van der Waals surface area contributed by atoms with Gasteiger partial charge in [-0.15, -0.1) is 0 Å². The summed E-state index contributed by atoms with van der Waals surface area (Å²) in [6.07, 6.45) is -0.637. The molecule has 0 fully saturated rings. The van der Waals surface area contributed by atoms with E-state index in [4.69, 9.17) is 4.74 Å². The monoisotopic (exact) mass is 209 g/mol. The van der Waals surface area contributed by atoms with Crippen LogP contribution < -0.4 is 10.1 Å². The molecule has 0 aliphatic heterocycles. The fourth-order valence-electron chi connectivity index (χ4n) is 1.20. The molecule has 0 spiro atoms. The second-order valence-corrected chi connectivity index (χ2v) is 3.74. The first kappa shape index (κ1) is 12.0. The summed E-state index contributed by atoms with van der Waals surface area (Å²) in [4.78, 5) is 0. The summed E-state index contributed by atoms with van der Waals surface area (Å²) in [5.74, 6) is 0.795. The second kappa shape index (κ2) is 5.73. The molecule has 0 saturated heterocycles. The number of ether oxygens (including phenoxy) is 1. The average Bonchev–Trinajstić information content (AvgIpc) is 2.21. The van der Waals surface area contributed by atoms with Crippen LogP contribution in [0.15, 0.2) is 24.3 Å². The van der Waals surface area contributed by atoms with Crippen molar-refractivity contribution in [1.29, 1.82) is 0 Å². The predicted octanol–water partition coefficient (Wildman–Crippen LogP) is 1.55. The van der Waals surface area contributed by atoms with Crippen molar-refractivity contribution in [2.75, 3.05) is 7.05 Å². The van der Waals surface area contributed by atoms with Gasteiger partial charge in [0.05, 0.1) is 6.10 Å². The number of hydrogen-bond donors (Lipinski definition) is 2. The van der Waals surface area contributed by atoms with Gasteiger partial charge in [-0.3, -0.25) is 0 Å². The second-order valence-electron chi connectivity index (χ2n) is 3.74. The Bertz CT molecular complexity index is 282. The Labute approximate surface area is 91.1 Å². The summed E-state index contributed by atoms with van der Waals surface area (Å²) in [5.41, 5.74) is 1.22. The van der Waals surface area contributed by atoms with E-state index < -0.39 is 6.10 Å². The summed E-state index contributed by atoms with van der Waals surface area (Å²) in [6.45, 7) is 4.43. The van der Waals surface area contributed by atoms with E-state index >= 15 is 0 Å². The first-order valence-electron chi connectivity index (χ1n) is 5.21. The number of aliphatic hydroxyl groups excluding tert-OH is 1. The smallest absolute Gasteiger partial charge is 0.121 e. The molecule has 2 N–H and O–H groups in total. The lowest BCUT2D eigenvalue weighted by atomic mass is 10.2. The Morgan fingerprint density at radius 3 is 2.33 bits per heavy atom. The topological polar surface area (TPSA) is 41.5 Å². The largest absolute Gasteiger partial charge is 0.488 e. The van der Waals surface area contributed by atoms with Crippen LogP contribution in [0.2, 0.25) is 0 Å². The van der Waals surface area contributed by atoms with Gasteiger partial charge in [-0.05, 0) is 38.6 Å². The van der Waals surface area contributed by atoms with Crippen molar-refractivity contribution in [3.05, 3.63) is 29.8 Å². The Balaban J connectivity index is 2.56. The van der Waals surface area contributed by atoms with Gasteiger partial charge in [0.2, 0.25) is 0 Å². The van der Waals surface area contributed by atoms with E-state index in [1.165, 1.54) is 5.56 Å². The number of benzene rings is 1. The molecule has 1 aromatic rings. The van der Waals surface area contributed by atoms with Crippen molar-refractivity contribution in [3.8, 4) is 5.75 Å². The fourth-order valence-corrected chi connectivity index (χ4v) is 1.20. The lowest BCUT2D eigenvalue weighted by Gasteiger charge is -2.17. The zero-order chi connectivity index (χ0) is 11.3. The van der Waals surface area contributed by atoms with Crippen LogP contribution in [0.4, 0.5) is 0 Å². The minimum absolute atomic E-state index is 0.180. The highest BCUT2D eigenvalue weighted by Crippen LogP contribution is 2.14. The summed E-state index contributed by atoms with van der Waals surface area (Å²) in [7, 11) is 1.92. The maximum absolute atomic E-state index is 9.29. The van der Waals surface area contributed by atoms with Crippen LogP contribution in [0.1, 0.15) is 19.4 Å². The molecule has 0 aliphatic carbocycles. The Morgan fingerprint density at radius 2 is 1.87 bits per heavy atom. The van der Waals surface area contributed by atoms with Crippen molar-refractivity contribution < 1.29 is 9.84 Å². The predicted molar refractivity (Wildman–Crippen MR) is 61.0 cm³/mol. The molecule has 2 unspecified atom stereocenters. The van der Waals surface area contributed by atoms with Gasteiger partial charge >= 0.3 is 0 Å². The lowest BCUT2D eigenvalue weighted by Crippen LogP contribution is -2.25. The molecule has 0 aromatic heterocycles. The zero-order valence-electron chi connectivity index (χ0n) is 9.53. The van der Waals surface area contributed by atoms with Crippen LogP contribution in [0.25, 0.3) is 0 Å². The number of nitrogens with one attached hydrogen (secondary N) is 1. The quantitative estimate of drug-likeness (QED) is 0.773. The van der Waals surface area contributed by atoms with Crippen LogP contribution in [-0.2, 0) is 6.54 Å². The number of hydrogen-bond acceptors (Lipinski definition) is 3. The highest BCUT2D eigenvalue weighted by atomic mass is 16.5. The maximum atomic E-state index is 9.29. The molecule has 3 heteroatoms. The third kappa shape index (κ3) is 3.90. The molecule has 0 amide bonds. The molecular formula is C12H19NO2. The number of rotatable bonds is 5. The van der Waals surface area contributed by atoms with Gasteiger partial charge in [0.1, 0.15) is 11.9 Å². The average molecular weight is 209 g/mol. The number of aliphatic hydroxyl groups is 1. The van der Waals surface area contributed by atoms with Crippen molar-refractivity contribution in [3.63, 3.8) is 0 Å². The van der Waals surface area contributed by atoms with E-state index in [2.05, 4.69) is 5.32 Å². The van der Waals surface area contributed by atoms with Crippen molar-refractivity contribution >= 4 is 0 Å². The standard InChI is InChI=1S/C12H19NO2/c1-9(14)10(2)15-12-6-4-11(5-7-12)8-13-3/h4-7,9-10,13-14H,8H2,1-3H3. The SMILES string of the molecule is CNCc1ccc(OC(C)C(C)O)cc1. The molecule has 0 aliphatic rings. The molecule has 1 aromatic carbocycles. The van der Waals surface area contributed by atoms with Gasteiger partial charge in [-0.25, -0.2) is 0 Å². The van der Waals surface area contributed by atoms with Crippen LogP contribution >= 0.6 is 0 Å². The zero-order valence-corrected chi connectivity index (χ0v) is 9.53. The fraction of sp³-hybridized carbons (Fsp3) is 0.500. The molecule has 0 saturated carbocycles. The summed E-state index contributed by atoms with van der Waals surface area (Å²) >= 11 is 0. The van der Waals surface area contributed by atoms with Crippen LogP contribution in [-0.4, -0.2) is 24.4 Å². The molecule has 2 atom stereocenters. The summed E-state index contributed by atoms with van der Waals surface area (Å²) in [6, 6.07) is 7.87. The van der Waals surface area contributed by atoms with Crippen LogP contribution in [0, 0.1) is 0 Å². The van der Waals surface area contributed by atoms with E-state index in [1.54, 1.807) is 6.92 Å². The molecule has 0 bridgehead atoms. The van der Waals surface area contributed by atoms with Gasteiger partial charge in [0, 0.05) is 6.54 Å². The maximum Gasteiger partial charge on any atom is 0.121 e. The molecular weight excluding hydrogens is 190 g/mol. The normalized spacial score (nSPS) is 14.7. The van der Waals surface area contributed by atoms with Crippen LogP contribution in [0.3, 0.4) is 0 Å². The molecule has 1 rings (SSSR count). The van der Waals surface area contributed by atoms with Gasteiger partial charge in [0.15, 0.2) is 0 Å². The Hall–Kier alpha value is -1.06. The minimum atomic E-state index is -0.456. The van der Waals surface area contributed by atoms with Crippen molar-refractivity contribution in [1.82, 2.24) is 5.32 Å². The Morgan fingerprint density at radius 1 is 1.27 bits per heavy atom. The molecule has 0 radical (unpaired) electrons. The lowest BCUT2D eigenvalue weighted by molar-refractivity contribution is 0.0604. The first-order valence-corrected chi connectivity index (χ1v) is 5.21. The van der Waals surface area contributed by atoms with E-state index in [0.29, 0.717) is 0 Å². The third-order valence-corrected chi connectivity index (χ3v) is 2.31. The van der Waals surface area contributed by atoms with Crippen molar-refractivity contribution in [2.45, 2.75) is 32.6 Å². The molecule has 15 heavy (non-hydrogen) atoms. The van der Waals surface area contributed by atoms with E-state index in [9.17, 15) is 5.11 Å². The van der Waals surface area contributed by atoms with Gasteiger partial charge in [-0.1, -0.05) is 12.1 Å². The first-order chi connectivity index (χ1) is 7.13. The summed E-state index contributed by atoms with van der Waals surface area (Å²) < 4.78 is 5.54. The highest BCUT2D eigenvalue weighted by molar-refractivity contribution is 5.27. The third-order valence-electron chi connectivity index (χ3n) is 2.31. The van der Waals surface area contributed by atoms with Gasteiger partial charge in [0.25, 0.3) is 0 Å².